The number of carbonyl (C=O) groups excluding carboxylic acids is 3. The third kappa shape index (κ3) is 8.26. The molecule has 2 aromatic carbocycles. The molecule has 3 heterocycles. The smallest absolute Gasteiger partial charge is 0.323 e. The predicted molar refractivity (Wildman–Crippen MR) is 158 cm³/mol. The zero-order valence-electron chi connectivity index (χ0n) is 23.4. The van der Waals surface area contributed by atoms with E-state index in [4.69, 9.17) is 4.74 Å². The Balaban J connectivity index is 1.07. The molecule has 3 aromatic rings. The van der Waals surface area contributed by atoms with Crippen LogP contribution in [0.15, 0.2) is 66.9 Å². The molecule has 2 aliphatic heterocycles. The van der Waals surface area contributed by atoms with Gasteiger partial charge in [0.2, 0.25) is 11.8 Å². The molecule has 0 bridgehead atoms. The molecule has 0 atom stereocenters. The van der Waals surface area contributed by atoms with Gasteiger partial charge in [-0.3, -0.25) is 14.9 Å². The van der Waals surface area contributed by atoms with Crippen LogP contribution < -0.4 is 20.7 Å². The van der Waals surface area contributed by atoms with E-state index >= 15 is 0 Å². The van der Waals surface area contributed by atoms with Gasteiger partial charge in [-0.2, -0.15) is 0 Å². The Morgan fingerprint density at radius 3 is 2.05 bits per heavy atom. The maximum Gasteiger partial charge on any atom is 0.323 e. The average molecular weight is 575 g/mol. The van der Waals surface area contributed by atoms with Crippen LogP contribution in [0.2, 0.25) is 0 Å². The second-order valence-electron chi connectivity index (χ2n) is 10.5. The molecular formula is C31H35FN6O4. The number of anilines is 3. The van der Waals surface area contributed by atoms with Crippen LogP contribution in [0, 0.1) is 5.82 Å². The van der Waals surface area contributed by atoms with Crippen molar-refractivity contribution in [1.29, 1.82) is 0 Å². The molecule has 0 saturated carbocycles. The van der Waals surface area contributed by atoms with Crippen LogP contribution in [0.5, 0.6) is 11.5 Å². The summed E-state index contributed by atoms with van der Waals surface area (Å²) in [6.07, 6.45) is 7.02. The normalized spacial score (nSPS) is 16.0. The summed E-state index contributed by atoms with van der Waals surface area (Å²) in [7, 11) is 0. The van der Waals surface area contributed by atoms with E-state index in [2.05, 4.69) is 25.8 Å². The number of pyridine rings is 1. The number of hydrogen-bond donors (Lipinski definition) is 3. The number of aromatic nitrogens is 1. The number of piperidine rings is 2. The minimum Gasteiger partial charge on any atom is -0.457 e. The van der Waals surface area contributed by atoms with Gasteiger partial charge in [0, 0.05) is 42.8 Å². The number of amides is 4. The summed E-state index contributed by atoms with van der Waals surface area (Å²) in [5.74, 6) is 0.000422. The van der Waals surface area contributed by atoms with Gasteiger partial charge < -0.3 is 25.2 Å². The number of benzene rings is 2. The molecule has 0 aliphatic carbocycles. The van der Waals surface area contributed by atoms with E-state index in [1.165, 1.54) is 56.6 Å². The number of nitrogens with zero attached hydrogens (tertiary/aromatic N) is 3. The second-order valence-corrected chi connectivity index (χ2v) is 10.5. The Labute approximate surface area is 244 Å². The molecule has 10 nitrogen and oxygen atoms in total. The van der Waals surface area contributed by atoms with Crippen LogP contribution in [0.3, 0.4) is 0 Å². The third-order valence-electron chi connectivity index (χ3n) is 7.45. The van der Waals surface area contributed by atoms with Crippen molar-refractivity contribution in [2.75, 3.05) is 42.1 Å². The standard InChI is InChI=1S/C31H35FN6O4/c32-22-4-6-23(7-5-22)34-29(39)21-30(40)35-24-8-10-26(11-9-24)42-27-12-15-33-28(20-27)36-31(41)38-18-13-25(14-19-38)37-16-2-1-3-17-37/h4-12,15,20,25H,1-3,13-14,16-19,21H2,(H,34,39)(H,35,40)(H,33,36,41). The summed E-state index contributed by atoms with van der Waals surface area (Å²) in [6, 6.07) is 15.7. The summed E-state index contributed by atoms with van der Waals surface area (Å²) >= 11 is 0. The third-order valence-corrected chi connectivity index (χ3v) is 7.45. The summed E-state index contributed by atoms with van der Waals surface area (Å²) < 4.78 is 18.9. The van der Waals surface area contributed by atoms with E-state index in [1.807, 2.05) is 4.90 Å². The number of halogens is 1. The monoisotopic (exact) mass is 574 g/mol. The van der Waals surface area contributed by atoms with Crippen LogP contribution >= 0.6 is 0 Å². The van der Waals surface area contributed by atoms with E-state index in [-0.39, 0.29) is 6.03 Å². The topological polar surface area (TPSA) is 116 Å². The first-order chi connectivity index (χ1) is 20.4. The number of urea groups is 1. The fraction of sp³-hybridized carbons (Fsp3) is 0.355. The van der Waals surface area contributed by atoms with Crippen molar-refractivity contribution < 1.29 is 23.5 Å². The van der Waals surface area contributed by atoms with E-state index in [9.17, 15) is 18.8 Å². The maximum atomic E-state index is 13.0. The molecule has 2 aliphatic rings. The molecule has 2 fully saturated rings. The lowest BCUT2D eigenvalue weighted by molar-refractivity contribution is -0.123. The first-order valence-electron chi connectivity index (χ1n) is 14.3. The Morgan fingerprint density at radius 2 is 1.40 bits per heavy atom. The van der Waals surface area contributed by atoms with E-state index < -0.39 is 24.1 Å². The molecule has 0 spiro atoms. The van der Waals surface area contributed by atoms with E-state index in [0.717, 1.165) is 25.9 Å². The average Bonchev–Trinajstić information content (AvgIpc) is 3.00. The van der Waals surface area contributed by atoms with Crippen molar-refractivity contribution in [3.05, 3.63) is 72.7 Å². The number of carbonyl (C=O) groups is 3. The van der Waals surface area contributed by atoms with E-state index in [0.29, 0.717) is 34.7 Å². The van der Waals surface area contributed by atoms with Gasteiger partial charge >= 0.3 is 6.03 Å². The van der Waals surface area contributed by atoms with Gasteiger partial charge in [0.15, 0.2) is 0 Å². The molecule has 5 rings (SSSR count). The van der Waals surface area contributed by atoms with Crippen LogP contribution in [-0.4, -0.2) is 64.9 Å². The summed E-state index contributed by atoms with van der Waals surface area (Å²) in [4.78, 5) is 45.9. The highest BCUT2D eigenvalue weighted by molar-refractivity contribution is 6.08. The predicted octanol–water partition coefficient (Wildman–Crippen LogP) is 5.46. The highest BCUT2D eigenvalue weighted by Gasteiger charge is 2.27. The van der Waals surface area contributed by atoms with Crippen LogP contribution in [0.4, 0.5) is 26.4 Å². The first kappa shape index (κ1) is 29.0. The lowest BCUT2D eigenvalue weighted by atomic mass is 10.0. The zero-order chi connectivity index (χ0) is 29.3. The number of ether oxygens (including phenoxy) is 1. The number of likely N-dealkylation sites (tertiary alicyclic amines) is 2. The number of nitrogens with one attached hydrogen (secondary N) is 3. The van der Waals surface area contributed by atoms with Gasteiger partial charge in [0.1, 0.15) is 29.6 Å². The quantitative estimate of drug-likeness (QED) is 0.308. The summed E-state index contributed by atoms with van der Waals surface area (Å²) in [6.45, 7) is 3.80. The van der Waals surface area contributed by atoms with Crippen LogP contribution in [0.1, 0.15) is 38.5 Å². The van der Waals surface area contributed by atoms with Gasteiger partial charge in [-0.1, -0.05) is 6.42 Å². The Bertz CT molecular complexity index is 1370. The number of hydrogen-bond acceptors (Lipinski definition) is 6. The fourth-order valence-electron chi connectivity index (χ4n) is 5.28. The molecule has 1 aromatic heterocycles. The molecule has 220 valence electrons. The Morgan fingerprint density at radius 1 is 0.786 bits per heavy atom. The molecule has 3 N–H and O–H groups in total. The Hall–Kier alpha value is -4.51. The first-order valence-corrected chi connectivity index (χ1v) is 14.3. The minimum atomic E-state index is -0.512. The molecule has 42 heavy (non-hydrogen) atoms. The maximum absolute atomic E-state index is 13.0. The van der Waals surface area contributed by atoms with Gasteiger partial charge in [0.05, 0.1) is 0 Å². The zero-order valence-corrected chi connectivity index (χ0v) is 23.4. The molecular weight excluding hydrogens is 539 g/mol. The van der Waals surface area contributed by atoms with Gasteiger partial charge in [0.25, 0.3) is 0 Å². The molecule has 0 unspecified atom stereocenters. The van der Waals surface area contributed by atoms with Crippen molar-refractivity contribution in [3.63, 3.8) is 0 Å². The SMILES string of the molecule is O=C(CC(=O)Nc1ccc(Oc2ccnc(NC(=O)N3CCC(N4CCCCC4)CC3)c2)cc1)Nc1ccc(F)cc1. The van der Waals surface area contributed by atoms with Crippen LogP contribution in [-0.2, 0) is 9.59 Å². The van der Waals surface area contributed by atoms with Crippen molar-refractivity contribution >= 4 is 35.0 Å². The molecule has 0 radical (unpaired) electrons. The second kappa shape index (κ2) is 13.9. The van der Waals surface area contributed by atoms with E-state index in [1.54, 1.807) is 42.6 Å². The highest BCUT2D eigenvalue weighted by atomic mass is 19.1. The summed E-state index contributed by atoms with van der Waals surface area (Å²) in [5, 5.41) is 8.09. The van der Waals surface area contributed by atoms with Crippen molar-refractivity contribution in [3.8, 4) is 11.5 Å². The van der Waals surface area contributed by atoms with Gasteiger partial charge in [-0.15, -0.1) is 0 Å². The summed E-state index contributed by atoms with van der Waals surface area (Å²) in [5.41, 5.74) is 0.899. The largest absolute Gasteiger partial charge is 0.457 e. The molecule has 2 saturated heterocycles. The molecule has 4 amide bonds. The van der Waals surface area contributed by atoms with Crippen molar-refractivity contribution in [2.24, 2.45) is 0 Å². The lowest BCUT2D eigenvalue weighted by Gasteiger charge is -2.40. The fourth-order valence-corrected chi connectivity index (χ4v) is 5.28. The lowest BCUT2D eigenvalue weighted by Crippen LogP contribution is -2.49. The van der Waals surface area contributed by atoms with Crippen LogP contribution in [0.25, 0.3) is 0 Å². The minimum absolute atomic E-state index is 0.164. The van der Waals surface area contributed by atoms with Gasteiger partial charge in [-0.25, -0.2) is 14.2 Å². The molecule has 11 heteroatoms. The highest BCUT2D eigenvalue weighted by Crippen LogP contribution is 2.25. The van der Waals surface area contributed by atoms with Crippen molar-refractivity contribution in [1.82, 2.24) is 14.8 Å². The Kier molecular flexibility index (Phi) is 9.60. The number of rotatable bonds is 8. The van der Waals surface area contributed by atoms with Crippen molar-refractivity contribution in [2.45, 2.75) is 44.6 Å². The van der Waals surface area contributed by atoms with Gasteiger partial charge in [-0.05, 0) is 93.4 Å².